The summed E-state index contributed by atoms with van der Waals surface area (Å²) in [6.07, 6.45) is -2.94. The number of carbonyl (C=O) groups is 1. The van der Waals surface area contributed by atoms with Crippen molar-refractivity contribution < 1.29 is 23.4 Å². The molecule has 0 aliphatic carbocycles. The summed E-state index contributed by atoms with van der Waals surface area (Å²) in [5.74, 6) is -1.35. The summed E-state index contributed by atoms with van der Waals surface area (Å²) in [6, 6.07) is 0.898. The average Bonchev–Trinajstić information content (AvgIpc) is 2.28. The summed E-state index contributed by atoms with van der Waals surface area (Å²) in [5.41, 5.74) is 3.95. The first-order valence-corrected chi connectivity index (χ1v) is 4.89. The Morgan fingerprint density at radius 1 is 1.65 bits per heavy atom. The molecule has 0 amide bonds. The summed E-state index contributed by atoms with van der Waals surface area (Å²) >= 11 is 0. The number of hydrogen-bond donors (Lipinski definition) is 2. The predicted molar refractivity (Wildman–Crippen MR) is 54.7 cm³/mol. The number of pyridine rings is 1. The van der Waals surface area contributed by atoms with Crippen molar-refractivity contribution in [3.05, 3.63) is 23.0 Å². The van der Waals surface area contributed by atoms with Crippen molar-refractivity contribution in [3.8, 4) is 5.75 Å². The zero-order valence-electron chi connectivity index (χ0n) is 9.11. The Bertz CT molecular complexity index is 424. The average molecular weight is 246 g/mol. The summed E-state index contributed by atoms with van der Waals surface area (Å²) in [6.45, 7) is 1.39. The second-order valence-electron chi connectivity index (χ2n) is 3.11. The lowest BCUT2D eigenvalue weighted by Crippen LogP contribution is -2.12. The van der Waals surface area contributed by atoms with Gasteiger partial charge in [-0.2, -0.15) is 0 Å². The highest BCUT2D eigenvalue weighted by atomic mass is 19.3. The van der Waals surface area contributed by atoms with E-state index < -0.39 is 29.4 Å². The van der Waals surface area contributed by atoms with Gasteiger partial charge >= 0.3 is 5.97 Å². The van der Waals surface area contributed by atoms with Crippen LogP contribution in [-0.4, -0.2) is 22.7 Å². The molecule has 5 nitrogen and oxygen atoms in total. The number of rotatable bonds is 4. The summed E-state index contributed by atoms with van der Waals surface area (Å²) in [7, 11) is 0. The van der Waals surface area contributed by atoms with Gasteiger partial charge in [0.1, 0.15) is 11.4 Å². The topological polar surface area (TPSA) is 85.4 Å². The van der Waals surface area contributed by atoms with Crippen LogP contribution >= 0.6 is 0 Å². The molecule has 0 fully saturated rings. The molecular formula is C10H12F2N2O3. The van der Waals surface area contributed by atoms with E-state index in [9.17, 15) is 18.7 Å². The van der Waals surface area contributed by atoms with Crippen LogP contribution in [0.1, 0.15) is 35.1 Å². The van der Waals surface area contributed by atoms with Crippen molar-refractivity contribution in [3.63, 3.8) is 0 Å². The number of ether oxygens (including phenoxy) is 1. The zero-order chi connectivity index (χ0) is 13.0. The Hall–Kier alpha value is -1.76. The summed E-state index contributed by atoms with van der Waals surface area (Å²) in [5, 5.41) is 9.42. The van der Waals surface area contributed by atoms with Gasteiger partial charge in [-0.05, 0) is 13.0 Å². The van der Waals surface area contributed by atoms with Crippen molar-refractivity contribution in [1.29, 1.82) is 0 Å². The van der Waals surface area contributed by atoms with Crippen molar-refractivity contribution in [1.82, 2.24) is 4.98 Å². The fourth-order valence-electron chi connectivity index (χ4n) is 1.25. The van der Waals surface area contributed by atoms with Crippen molar-refractivity contribution in [2.75, 3.05) is 6.61 Å². The maximum atomic E-state index is 12.7. The molecule has 0 bridgehead atoms. The standard InChI is InChI=1S/C10H12F2N2O3/c1-2-17-10(16)5-3-7(15)6(4-13)14-8(5)9(11)12/h3,9,15H,2,4,13H2,1H3. The maximum absolute atomic E-state index is 12.7. The van der Waals surface area contributed by atoms with Crippen LogP contribution in [0.2, 0.25) is 0 Å². The molecule has 1 aromatic rings. The van der Waals surface area contributed by atoms with Crippen LogP contribution in [0.25, 0.3) is 0 Å². The van der Waals surface area contributed by atoms with Crippen molar-refractivity contribution in [2.24, 2.45) is 5.73 Å². The second kappa shape index (κ2) is 5.53. The first kappa shape index (κ1) is 13.3. The fraction of sp³-hybridized carbons (Fsp3) is 0.400. The van der Waals surface area contributed by atoms with Crippen LogP contribution in [0, 0.1) is 0 Å². The molecule has 0 aliphatic heterocycles. The molecule has 7 heteroatoms. The number of nitrogens with two attached hydrogens (primary N) is 1. The number of alkyl halides is 2. The van der Waals surface area contributed by atoms with E-state index in [0.29, 0.717) is 0 Å². The van der Waals surface area contributed by atoms with Gasteiger partial charge in [-0.25, -0.2) is 18.6 Å². The van der Waals surface area contributed by atoms with Gasteiger partial charge in [0.15, 0.2) is 0 Å². The van der Waals surface area contributed by atoms with Gasteiger partial charge in [0.25, 0.3) is 6.43 Å². The Labute approximate surface area is 96.2 Å². The molecule has 17 heavy (non-hydrogen) atoms. The highest BCUT2D eigenvalue weighted by Crippen LogP contribution is 2.26. The van der Waals surface area contributed by atoms with Crippen LogP contribution < -0.4 is 5.73 Å². The Balaban J connectivity index is 3.27. The number of halogens is 2. The Morgan fingerprint density at radius 2 is 2.29 bits per heavy atom. The molecule has 0 aliphatic rings. The van der Waals surface area contributed by atoms with E-state index in [1.54, 1.807) is 6.92 Å². The number of nitrogens with zero attached hydrogens (tertiary/aromatic N) is 1. The SMILES string of the molecule is CCOC(=O)c1cc(O)c(CN)nc1C(F)F. The normalized spacial score (nSPS) is 10.6. The van der Waals surface area contributed by atoms with Gasteiger partial charge in [0.05, 0.1) is 17.9 Å². The number of hydrogen-bond acceptors (Lipinski definition) is 5. The molecule has 0 saturated carbocycles. The third kappa shape index (κ3) is 2.88. The van der Waals surface area contributed by atoms with E-state index in [4.69, 9.17) is 5.73 Å². The molecule has 0 radical (unpaired) electrons. The molecule has 0 spiro atoms. The van der Waals surface area contributed by atoms with E-state index in [0.717, 1.165) is 6.07 Å². The molecule has 0 unspecified atom stereocenters. The Kier molecular flexibility index (Phi) is 4.33. The number of aromatic nitrogens is 1. The van der Waals surface area contributed by atoms with Crippen LogP contribution in [0.5, 0.6) is 5.75 Å². The van der Waals surface area contributed by atoms with E-state index in [1.165, 1.54) is 0 Å². The number of aromatic hydroxyl groups is 1. The molecule has 0 atom stereocenters. The minimum Gasteiger partial charge on any atom is -0.506 e. The highest BCUT2D eigenvalue weighted by molar-refractivity contribution is 5.91. The lowest BCUT2D eigenvalue weighted by molar-refractivity contribution is 0.0512. The first-order valence-electron chi connectivity index (χ1n) is 4.89. The predicted octanol–water partition coefficient (Wildman–Crippen LogP) is 1.36. The first-order chi connectivity index (χ1) is 8.01. The van der Waals surface area contributed by atoms with E-state index >= 15 is 0 Å². The molecule has 1 heterocycles. The largest absolute Gasteiger partial charge is 0.506 e. The molecule has 0 saturated heterocycles. The third-order valence-corrected chi connectivity index (χ3v) is 2.00. The van der Waals surface area contributed by atoms with E-state index in [-0.39, 0.29) is 18.8 Å². The van der Waals surface area contributed by atoms with Gasteiger partial charge in [0, 0.05) is 6.54 Å². The number of esters is 1. The van der Waals surface area contributed by atoms with Crippen LogP contribution in [0.3, 0.4) is 0 Å². The summed E-state index contributed by atoms with van der Waals surface area (Å²) in [4.78, 5) is 14.9. The van der Waals surface area contributed by atoms with Gasteiger partial charge < -0.3 is 15.6 Å². The fourth-order valence-corrected chi connectivity index (χ4v) is 1.25. The van der Waals surface area contributed by atoms with Gasteiger partial charge in [-0.15, -0.1) is 0 Å². The van der Waals surface area contributed by atoms with Crippen LogP contribution in [-0.2, 0) is 11.3 Å². The monoisotopic (exact) mass is 246 g/mol. The number of carbonyl (C=O) groups excluding carboxylic acids is 1. The lowest BCUT2D eigenvalue weighted by Gasteiger charge is -2.10. The minimum atomic E-state index is -2.94. The molecule has 94 valence electrons. The molecule has 1 rings (SSSR count). The van der Waals surface area contributed by atoms with Gasteiger partial charge in [0.2, 0.25) is 0 Å². The molecule has 1 aromatic heterocycles. The smallest absolute Gasteiger partial charge is 0.340 e. The van der Waals surface area contributed by atoms with E-state index in [2.05, 4.69) is 9.72 Å². The molecule has 0 aromatic carbocycles. The van der Waals surface area contributed by atoms with Crippen LogP contribution in [0.4, 0.5) is 8.78 Å². The Morgan fingerprint density at radius 3 is 2.76 bits per heavy atom. The minimum absolute atomic E-state index is 0.0426. The quantitative estimate of drug-likeness (QED) is 0.783. The van der Waals surface area contributed by atoms with Crippen LogP contribution in [0.15, 0.2) is 6.07 Å². The van der Waals surface area contributed by atoms with Crippen molar-refractivity contribution in [2.45, 2.75) is 19.9 Å². The highest BCUT2D eigenvalue weighted by Gasteiger charge is 2.23. The van der Waals surface area contributed by atoms with Gasteiger partial charge in [-0.3, -0.25) is 0 Å². The zero-order valence-corrected chi connectivity index (χ0v) is 9.11. The van der Waals surface area contributed by atoms with Gasteiger partial charge in [-0.1, -0.05) is 0 Å². The van der Waals surface area contributed by atoms with Crippen molar-refractivity contribution >= 4 is 5.97 Å². The third-order valence-electron chi connectivity index (χ3n) is 2.00. The maximum Gasteiger partial charge on any atom is 0.340 e. The van der Waals surface area contributed by atoms with E-state index in [1.807, 2.05) is 0 Å². The lowest BCUT2D eigenvalue weighted by atomic mass is 10.1. The summed E-state index contributed by atoms with van der Waals surface area (Å²) < 4.78 is 30.0. The second-order valence-corrected chi connectivity index (χ2v) is 3.11. The molecular weight excluding hydrogens is 234 g/mol. The molecule has 3 N–H and O–H groups in total.